The molecule has 0 radical (unpaired) electrons. The number of methoxy groups -OCH3 is 1. The largest absolute Gasteiger partial charge is 0.495 e. The van der Waals surface area contributed by atoms with E-state index >= 15 is 0 Å². The summed E-state index contributed by atoms with van der Waals surface area (Å²) < 4.78 is 5.62. The Labute approximate surface area is 129 Å². The lowest BCUT2D eigenvalue weighted by Crippen LogP contribution is -2.43. The van der Waals surface area contributed by atoms with Crippen LogP contribution in [0.2, 0.25) is 0 Å². The zero-order valence-electron chi connectivity index (χ0n) is 13.7. The Hall–Kier alpha value is -1.26. The maximum atomic E-state index is 5.62. The van der Waals surface area contributed by atoms with Crippen molar-refractivity contribution < 1.29 is 4.74 Å². The molecule has 1 saturated heterocycles. The molecule has 118 valence electrons. The van der Waals surface area contributed by atoms with E-state index in [1.165, 1.54) is 24.1 Å². The fraction of sp³-hybridized carbons (Fsp3) is 0.647. The third-order valence-corrected chi connectivity index (χ3v) is 4.05. The van der Waals surface area contributed by atoms with Gasteiger partial charge in [0.05, 0.1) is 12.8 Å². The van der Waals surface area contributed by atoms with E-state index in [9.17, 15) is 0 Å². The molecule has 0 aromatic heterocycles. The third-order valence-electron chi connectivity index (χ3n) is 4.05. The number of hydrogen-bond acceptors (Lipinski definition) is 4. The predicted octanol–water partition coefficient (Wildman–Crippen LogP) is 2.34. The number of anilines is 1. The van der Waals surface area contributed by atoms with Crippen molar-refractivity contribution in [1.29, 1.82) is 0 Å². The van der Waals surface area contributed by atoms with Gasteiger partial charge in [-0.05, 0) is 37.7 Å². The van der Waals surface area contributed by atoms with Gasteiger partial charge in [0.15, 0.2) is 0 Å². The van der Waals surface area contributed by atoms with Crippen molar-refractivity contribution in [2.75, 3.05) is 51.8 Å². The maximum absolute atomic E-state index is 5.62. The molecule has 1 aliphatic rings. The molecule has 1 heterocycles. The molecule has 1 fully saturated rings. The lowest BCUT2D eigenvalue weighted by Gasteiger charge is -2.31. The second kappa shape index (κ2) is 8.25. The van der Waals surface area contributed by atoms with Crippen LogP contribution in [0.4, 0.5) is 5.69 Å². The molecule has 0 bridgehead atoms. The fourth-order valence-corrected chi connectivity index (χ4v) is 2.81. The van der Waals surface area contributed by atoms with Crippen molar-refractivity contribution in [3.05, 3.63) is 23.8 Å². The van der Waals surface area contributed by atoms with Crippen LogP contribution in [0.15, 0.2) is 18.2 Å². The van der Waals surface area contributed by atoms with Gasteiger partial charge in [-0.3, -0.25) is 0 Å². The molecule has 1 aromatic carbocycles. The summed E-state index contributed by atoms with van der Waals surface area (Å²) in [6, 6.07) is 6.65. The Morgan fingerprint density at radius 2 is 2.05 bits per heavy atom. The molecule has 1 aromatic rings. The quantitative estimate of drug-likeness (QED) is 0.834. The Morgan fingerprint density at radius 3 is 2.71 bits per heavy atom. The second-order valence-corrected chi connectivity index (χ2v) is 5.83. The van der Waals surface area contributed by atoms with Crippen LogP contribution in [0.5, 0.6) is 5.75 Å². The van der Waals surface area contributed by atoms with Gasteiger partial charge in [0.1, 0.15) is 5.75 Å². The van der Waals surface area contributed by atoms with Gasteiger partial charge in [-0.25, -0.2) is 0 Å². The van der Waals surface area contributed by atoms with Crippen molar-refractivity contribution in [3.63, 3.8) is 0 Å². The molecule has 2 rings (SSSR count). The summed E-state index contributed by atoms with van der Waals surface area (Å²) in [5.74, 6) is 0.998. The van der Waals surface area contributed by atoms with E-state index in [4.69, 9.17) is 4.74 Å². The van der Waals surface area contributed by atoms with E-state index in [1.807, 2.05) is 0 Å². The van der Waals surface area contributed by atoms with Gasteiger partial charge in [-0.15, -0.1) is 0 Å². The molecule has 0 unspecified atom stereocenters. The molecule has 0 aliphatic carbocycles. The third kappa shape index (κ3) is 4.61. The molecule has 21 heavy (non-hydrogen) atoms. The van der Waals surface area contributed by atoms with Gasteiger partial charge in [-0.2, -0.15) is 0 Å². The topological polar surface area (TPSA) is 27.7 Å². The number of unbranched alkanes of at least 4 members (excludes halogenated alkanes) is 1. The average Bonchev–Trinajstić information content (AvgIpc) is 2.53. The van der Waals surface area contributed by atoms with Crippen molar-refractivity contribution in [3.8, 4) is 5.75 Å². The SMILES string of the molecule is CCCCN(C)Cc1ccc(N2CCNCC2)c(OC)c1. The lowest BCUT2D eigenvalue weighted by atomic mass is 10.1. The number of benzene rings is 1. The molecule has 4 nitrogen and oxygen atoms in total. The van der Waals surface area contributed by atoms with Gasteiger partial charge < -0.3 is 19.9 Å². The highest BCUT2D eigenvalue weighted by Gasteiger charge is 2.15. The number of rotatable bonds is 7. The van der Waals surface area contributed by atoms with Crippen LogP contribution in [-0.2, 0) is 6.54 Å². The molecule has 0 amide bonds. The number of ether oxygens (including phenoxy) is 1. The van der Waals surface area contributed by atoms with Crippen LogP contribution >= 0.6 is 0 Å². The zero-order chi connectivity index (χ0) is 15.1. The summed E-state index contributed by atoms with van der Waals surface area (Å²) in [6.45, 7) is 8.56. The summed E-state index contributed by atoms with van der Waals surface area (Å²) in [7, 11) is 3.96. The highest BCUT2D eigenvalue weighted by atomic mass is 16.5. The first-order valence-electron chi connectivity index (χ1n) is 8.05. The summed E-state index contributed by atoms with van der Waals surface area (Å²) in [5.41, 5.74) is 2.54. The van der Waals surface area contributed by atoms with Crippen LogP contribution in [-0.4, -0.2) is 51.8 Å². The van der Waals surface area contributed by atoms with E-state index in [2.05, 4.69) is 47.3 Å². The van der Waals surface area contributed by atoms with Crippen LogP contribution in [0.1, 0.15) is 25.3 Å². The summed E-state index contributed by atoms with van der Waals surface area (Å²) in [5, 5.41) is 3.39. The summed E-state index contributed by atoms with van der Waals surface area (Å²) in [6.07, 6.45) is 2.50. The Bertz CT molecular complexity index is 430. The van der Waals surface area contributed by atoms with Gasteiger partial charge in [-0.1, -0.05) is 19.4 Å². The zero-order valence-corrected chi connectivity index (χ0v) is 13.7. The molecular formula is C17H29N3O. The number of hydrogen-bond donors (Lipinski definition) is 1. The second-order valence-electron chi connectivity index (χ2n) is 5.83. The first-order chi connectivity index (χ1) is 10.2. The smallest absolute Gasteiger partial charge is 0.142 e. The monoisotopic (exact) mass is 291 g/mol. The first kappa shape index (κ1) is 16.1. The average molecular weight is 291 g/mol. The molecular weight excluding hydrogens is 262 g/mol. The molecule has 0 spiro atoms. The van der Waals surface area contributed by atoms with E-state index in [-0.39, 0.29) is 0 Å². The molecule has 1 N–H and O–H groups in total. The van der Waals surface area contributed by atoms with Crippen LogP contribution in [0, 0.1) is 0 Å². The molecule has 4 heteroatoms. The minimum atomic E-state index is 0.984. The summed E-state index contributed by atoms with van der Waals surface area (Å²) in [4.78, 5) is 4.78. The highest BCUT2D eigenvalue weighted by molar-refractivity contribution is 5.60. The van der Waals surface area contributed by atoms with E-state index < -0.39 is 0 Å². The maximum Gasteiger partial charge on any atom is 0.142 e. The minimum absolute atomic E-state index is 0.984. The Kier molecular flexibility index (Phi) is 6.33. The number of nitrogens with zero attached hydrogens (tertiary/aromatic N) is 2. The number of nitrogens with one attached hydrogen (secondary N) is 1. The van der Waals surface area contributed by atoms with Crippen molar-refractivity contribution >= 4 is 5.69 Å². The summed E-state index contributed by atoms with van der Waals surface area (Å²) >= 11 is 0. The van der Waals surface area contributed by atoms with Crippen molar-refractivity contribution in [2.45, 2.75) is 26.3 Å². The first-order valence-corrected chi connectivity index (χ1v) is 8.05. The van der Waals surface area contributed by atoms with Gasteiger partial charge in [0.25, 0.3) is 0 Å². The molecule has 0 saturated carbocycles. The fourth-order valence-electron chi connectivity index (χ4n) is 2.81. The normalized spacial score (nSPS) is 15.5. The molecule has 0 atom stereocenters. The standard InChI is InChI=1S/C17H29N3O/c1-4-5-10-19(2)14-15-6-7-16(17(13-15)21-3)20-11-8-18-9-12-20/h6-7,13,18H,4-5,8-12,14H2,1-3H3. The Balaban J connectivity index is 2.04. The lowest BCUT2D eigenvalue weighted by molar-refractivity contribution is 0.320. The predicted molar refractivity (Wildman–Crippen MR) is 89.3 cm³/mol. The number of piperazine rings is 1. The van der Waals surface area contributed by atoms with Crippen molar-refractivity contribution in [1.82, 2.24) is 10.2 Å². The Morgan fingerprint density at radius 1 is 1.29 bits per heavy atom. The van der Waals surface area contributed by atoms with E-state index in [1.54, 1.807) is 7.11 Å². The van der Waals surface area contributed by atoms with Crippen LogP contribution in [0.25, 0.3) is 0 Å². The van der Waals surface area contributed by atoms with E-state index in [0.717, 1.165) is 45.0 Å². The minimum Gasteiger partial charge on any atom is -0.495 e. The van der Waals surface area contributed by atoms with Crippen molar-refractivity contribution in [2.24, 2.45) is 0 Å². The van der Waals surface area contributed by atoms with Gasteiger partial charge >= 0.3 is 0 Å². The van der Waals surface area contributed by atoms with E-state index in [0.29, 0.717) is 0 Å². The highest BCUT2D eigenvalue weighted by Crippen LogP contribution is 2.30. The van der Waals surface area contributed by atoms with Gasteiger partial charge in [0.2, 0.25) is 0 Å². The molecule has 1 aliphatic heterocycles. The van der Waals surface area contributed by atoms with Crippen LogP contribution in [0.3, 0.4) is 0 Å². The van der Waals surface area contributed by atoms with Crippen LogP contribution < -0.4 is 15.0 Å². The van der Waals surface area contributed by atoms with Gasteiger partial charge in [0, 0.05) is 32.7 Å².